The number of rotatable bonds is 14. The van der Waals surface area contributed by atoms with E-state index in [1.54, 1.807) is 31.2 Å². The van der Waals surface area contributed by atoms with Crippen molar-refractivity contribution < 1.29 is 55.0 Å². The number of carbonyl (C=O) groups is 2. The number of nitrogens with zero attached hydrogens (tertiary/aromatic N) is 1. The van der Waals surface area contributed by atoms with Crippen molar-refractivity contribution in [2.45, 2.75) is 36.4 Å². The highest BCUT2D eigenvalue weighted by Gasteiger charge is 2.59. The van der Waals surface area contributed by atoms with Crippen LogP contribution in [0.15, 0.2) is 24.3 Å². The molecule has 1 aliphatic heterocycles. The van der Waals surface area contributed by atoms with Crippen LogP contribution in [0.2, 0.25) is 0 Å². The zero-order valence-corrected chi connectivity index (χ0v) is 22.5. The molecule has 3 rings (SSSR count). The summed E-state index contributed by atoms with van der Waals surface area (Å²) in [6.07, 6.45) is 3.60. The molecular formula is C27H40N3O10+. The second-order valence-electron chi connectivity index (χ2n) is 10.7. The Kier molecular flexibility index (Phi) is 10.2. The van der Waals surface area contributed by atoms with Crippen LogP contribution in [0.3, 0.4) is 0 Å². The Morgan fingerprint density at radius 1 is 0.875 bits per heavy atom. The Morgan fingerprint density at radius 3 is 1.95 bits per heavy atom. The number of aliphatic hydroxyl groups is 8. The molecule has 0 aromatic heterocycles. The fourth-order valence-corrected chi connectivity index (χ4v) is 5.51. The molecule has 1 aliphatic carbocycles. The molecule has 0 spiro atoms. The summed E-state index contributed by atoms with van der Waals surface area (Å²) < 4.78 is 1.91. The van der Waals surface area contributed by atoms with E-state index >= 15 is 0 Å². The first kappa shape index (κ1) is 31.8. The summed E-state index contributed by atoms with van der Waals surface area (Å²) in [5.74, 6) is -1.55. The number of hydrogen-bond acceptors (Lipinski definition) is 10. The van der Waals surface area contributed by atoms with E-state index in [-0.39, 0.29) is 37.8 Å². The van der Waals surface area contributed by atoms with Crippen LogP contribution in [0.4, 0.5) is 0 Å². The Labute approximate surface area is 231 Å². The van der Waals surface area contributed by atoms with Gasteiger partial charge in [-0.3, -0.25) is 9.59 Å². The van der Waals surface area contributed by atoms with Gasteiger partial charge in [0.15, 0.2) is 18.3 Å². The number of hydrogen-bond donors (Lipinski definition) is 10. The van der Waals surface area contributed by atoms with Crippen LogP contribution in [-0.4, -0.2) is 139 Å². The fourth-order valence-electron chi connectivity index (χ4n) is 5.51. The smallest absolute Gasteiger partial charge is 0.251 e. The van der Waals surface area contributed by atoms with Crippen molar-refractivity contribution in [1.82, 2.24) is 10.6 Å². The van der Waals surface area contributed by atoms with E-state index in [9.17, 15) is 50.4 Å². The molecule has 40 heavy (non-hydrogen) atoms. The minimum atomic E-state index is -1.59. The van der Waals surface area contributed by atoms with E-state index in [0.29, 0.717) is 11.3 Å². The molecule has 0 fully saturated rings. The molecule has 10 N–H and O–H groups in total. The van der Waals surface area contributed by atoms with Crippen molar-refractivity contribution in [3.63, 3.8) is 0 Å². The lowest BCUT2D eigenvalue weighted by molar-refractivity contribution is -0.548. The first-order chi connectivity index (χ1) is 19.1. The van der Waals surface area contributed by atoms with Gasteiger partial charge in [0, 0.05) is 12.5 Å². The topological polar surface area (TPSA) is 223 Å². The normalized spacial score (nSPS) is 19.8. The fraction of sp³-hybridized carbons (Fsp3) is 0.593. The maximum absolute atomic E-state index is 12.9. The van der Waals surface area contributed by atoms with Crippen LogP contribution < -0.4 is 10.6 Å². The van der Waals surface area contributed by atoms with Gasteiger partial charge >= 0.3 is 0 Å². The third kappa shape index (κ3) is 5.56. The zero-order chi connectivity index (χ0) is 29.7. The van der Waals surface area contributed by atoms with Crippen molar-refractivity contribution in [3.8, 4) is 0 Å². The third-order valence-electron chi connectivity index (χ3n) is 8.35. The van der Waals surface area contributed by atoms with Gasteiger partial charge in [-0.05, 0) is 29.3 Å². The second-order valence-corrected chi connectivity index (χ2v) is 10.7. The molecule has 2 unspecified atom stereocenters. The van der Waals surface area contributed by atoms with E-state index < -0.39 is 73.9 Å². The quantitative estimate of drug-likeness (QED) is 0.0992. The Bertz CT molecular complexity index is 1120. The molecular weight excluding hydrogens is 526 g/mol. The molecule has 2 aliphatic rings. The summed E-state index contributed by atoms with van der Waals surface area (Å²) in [6, 6.07) is 4.52. The molecule has 1 aromatic rings. The van der Waals surface area contributed by atoms with Crippen LogP contribution in [0, 0.1) is 5.41 Å². The van der Waals surface area contributed by atoms with Crippen LogP contribution in [0.5, 0.6) is 0 Å². The molecule has 1 heterocycles. The van der Waals surface area contributed by atoms with E-state index in [1.165, 1.54) is 0 Å². The van der Waals surface area contributed by atoms with Crippen molar-refractivity contribution in [3.05, 3.63) is 41.0 Å². The van der Waals surface area contributed by atoms with Gasteiger partial charge in [-0.15, -0.1) is 0 Å². The number of fused-ring (bicyclic) bond motifs is 3. The molecule has 13 nitrogen and oxygen atoms in total. The summed E-state index contributed by atoms with van der Waals surface area (Å²) in [5.41, 5.74) is -1.92. The van der Waals surface area contributed by atoms with Crippen LogP contribution >= 0.6 is 0 Å². The number of aliphatic hydroxyl groups excluding tert-OH is 8. The lowest BCUT2D eigenvalue weighted by Gasteiger charge is -2.33. The molecule has 2 atom stereocenters. The summed E-state index contributed by atoms with van der Waals surface area (Å²) in [5, 5.41) is 83.1. The SMILES string of the molecule is CC1=[N+](CCC(=O)NC(CO)(CO)CO)C2C=Cc3cc(C(=O)NC(CO)(CO)CO)ccc3C2C1(CO)CO. The lowest BCUT2D eigenvalue weighted by Crippen LogP contribution is -2.57. The summed E-state index contributed by atoms with van der Waals surface area (Å²) >= 11 is 0. The van der Waals surface area contributed by atoms with E-state index in [1.807, 2.05) is 10.7 Å². The van der Waals surface area contributed by atoms with Gasteiger partial charge in [0.1, 0.15) is 16.5 Å². The number of benzene rings is 1. The largest absolute Gasteiger partial charge is 0.395 e. The molecule has 13 heteroatoms. The maximum atomic E-state index is 12.9. The molecule has 1 aromatic carbocycles. The minimum Gasteiger partial charge on any atom is -0.395 e. The predicted molar refractivity (Wildman–Crippen MR) is 143 cm³/mol. The molecule has 0 saturated heterocycles. The van der Waals surface area contributed by atoms with E-state index in [0.717, 1.165) is 5.56 Å². The van der Waals surface area contributed by atoms with Crippen LogP contribution in [-0.2, 0) is 4.79 Å². The van der Waals surface area contributed by atoms with E-state index in [2.05, 4.69) is 10.6 Å². The Hall–Kier alpha value is -2.75. The van der Waals surface area contributed by atoms with Crippen molar-refractivity contribution in [2.24, 2.45) is 5.41 Å². The van der Waals surface area contributed by atoms with E-state index in [4.69, 9.17) is 0 Å². The van der Waals surface area contributed by atoms with Gasteiger partial charge in [-0.25, -0.2) is 4.58 Å². The van der Waals surface area contributed by atoms with Crippen molar-refractivity contribution in [2.75, 3.05) is 59.4 Å². The highest BCUT2D eigenvalue weighted by atomic mass is 16.3. The molecule has 0 radical (unpaired) electrons. The number of carbonyl (C=O) groups excluding carboxylic acids is 2. The first-order valence-corrected chi connectivity index (χ1v) is 13.0. The minimum absolute atomic E-state index is 0.0582. The standard InChI is InChI=1S/C27H39N3O10/c1-17-27(15-37,16-38)23-20-4-2-19(24(40)29-26(12-34,13-35)14-36)8-18(20)3-5-21(23)30(17)7-6-22(39)28-25(9-31,10-32)11-33/h2-5,8,21,23,31-38H,6-7,9-16H2,1H3,(H-,28,29,39,40)/p+1. The predicted octanol–water partition coefficient (Wildman–Crippen LogP) is -3.71. The van der Waals surface area contributed by atoms with Crippen molar-refractivity contribution in [1.29, 1.82) is 0 Å². The average Bonchev–Trinajstić information content (AvgIpc) is 3.24. The van der Waals surface area contributed by atoms with Gasteiger partial charge in [-0.1, -0.05) is 12.1 Å². The third-order valence-corrected chi connectivity index (χ3v) is 8.35. The maximum Gasteiger partial charge on any atom is 0.251 e. The zero-order valence-electron chi connectivity index (χ0n) is 22.5. The summed E-state index contributed by atoms with van der Waals surface area (Å²) in [7, 11) is 0. The van der Waals surface area contributed by atoms with Crippen LogP contribution in [0.1, 0.15) is 40.7 Å². The first-order valence-electron chi connectivity index (χ1n) is 13.0. The van der Waals surface area contributed by atoms with Crippen molar-refractivity contribution >= 4 is 23.6 Å². The number of amides is 2. The molecule has 2 amide bonds. The van der Waals surface area contributed by atoms with Crippen LogP contribution in [0.25, 0.3) is 6.08 Å². The lowest BCUT2D eigenvalue weighted by atomic mass is 9.67. The average molecular weight is 567 g/mol. The van der Waals surface area contributed by atoms with Gasteiger partial charge in [0.2, 0.25) is 5.91 Å². The highest BCUT2D eigenvalue weighted by molar-refractivity contribution is 5.96. The van der Waals surface area contributed by atoms with Gasteiger partial charge in [0.25, 0.3) is 5.91 Å². The summed E-state index contributed by atoms with van der Waals surface area (Å²) in [6.45, 7) is -2.76. The molecule has 222 valence electrons. The molecule has 0 saturated carbocycles. The summed E-state index contributed by atoms with van der Waals surface area (Å²) in [4.78, 5) is 25.5. The number of nitrogens with one attached hydrogen (secondary N) is 2. The van der Waals surface area contributed by atoms with Gasteiger partial charge in [-0.2, -0.15) is 0 Å². The molecule has 0 bridgehead atoms. The van der Waals surface area contributed by atoms with Gasteiger partial charge < -0.3 is 51.5 Å². The Balaban J connectivity index is 1.90. The second kappa shape index (κ2) is 12.8. The monoisotopic (exact) mass is 566 g/mol. The highest BCUT2D eigenvalue weighted by Crippen LogP contribution is 2.49. The van der Waals surface area contributed by atoms with Gasteiger partial charge in [0.05, 0.1) is 65.2 Å². The Morgan fingerprint density at radius 2 is 1.43 bits per heavy atom.